The van der Waals surface area contributed by atoms with Crippen LogP contribution in [0.5, 0.6) is 0 Å². The first kappa shape index (κ1) is 17.9. The van der Waals surface area contributed by atoms with Crippen molar-refractivity contribution in [1.29, 1.82) is 0 Å². The highest BCUT2D eigenvalue weighted by molar-refractivity contribution is 4.80. The molecule has 0 aliphatic rings. The van der Waals surface area contributed by atoms with Gasteiger partial charge in [-0.05, 0) is 37.8 Å². The smallest absolute Gasteiger partial charge is 0.0443 e. The molecule has 0 saturated carbocycles. The molecule has 3 nitrogen and oxygen atoms in total. The minimum atomic E-state index is 0.301. The van der Waals surface area contributed by atoms with Gasteiger partial charge in [0.2, 0.25) is 0 Å². The number of aliphatic hydroxyl groups excluding tert-OH is 1. The van der Waals surface area contributed by atoms with Crippen LogP contribution in [0.25, 0.3) is 0 Å². The highest BCUT2D eigenvalue weighted by Gasteiger charge is 2.25. The first-order chi connectivity index (χ1) is 8.61. The van der Waals surface area contributed by atoms with Gasteiger partial charge >= 0.3 is 0 Å². The maximum absolute atomic E-state index is 8.95. The lowest BCUT2D eigenvalue weighted by molar-refractivity contribution is 0.144. The Kier molecular flexibility index (Phi) is 10.7. The Balaban J connectivity index is 4.26. The SMILES string of the molecule is CCCNCC(C)(CCC)CN(CC)CCCO. The summed E-state index contributed by atoms with van der Waals surface area (Å²) in [7, 11) is 0. The van der Waals surface area contributed by atoms with Crippen molar-refractivity contribution in [3.8, 4) is 0 Å². The van der Waals surface area contributed by atoms with E-state index in [-0.39, 0.29) is 0 Å². The molecule has 0 amide bonds. The molecule has 1 atom stereocenters. The normalized spacial score (nSPS) is 15.0. The van der Waals surface area contributed by atoms with Crippen LogP contribution >= 0.6 is 0 Å². The summed E-state index contributed by atoms with van der Waals surface area (Å²) < 4.78 is 0. The van der Waals surface area contributed by atoms with E-state index in [4.69, 9.17) is 5.11 Å². The van der Waals surface area contributed by atoms with Crippen LogP contribution in [-0.4, -0.2) is 49.3 Å². The Hall–Kier alpha value is -0.120. The van der Waals surface area contributed by atoms with Gasteiger partial charge in [-0.25, -0.2) is 0 Å². The van der Waals surface area contributed by atoms with Crippen molar-refractivity contribution >= 4 is 0 Å². The zero-order chi connectivity index (χ0) is 13.9. The van der Waals surface area contributed by atoms with E-state index in [0.717, 1.165) is 39.1 Å². The standard InChI is InChI=1S/C15H34N2O/c1-5-9-15(4,13-16-10-6-2)14-17(7-3)11-8-12-18/h16,18H,5-14H2,1-4H3. The summed E-state index contributed by atoms with van der Waals surface area (Å²) in [6.07, 6.45) is 4.59. The van der Waals surface area contributed by atoms with Gasteiger partial charge < -0.3 is 15.3 Å². The fraction of sp³-hybridized carbons (Fsp3) is 1.00. The molecular weight excluding hydrogens is 224 g/mol. The Morgan fingerprint density at radius 3 is 2.39 bits per heavy atom. The zero-order valence-corrected chi connectivity index (χ0v) is 13.0. The van der Waals surface area contributed by atoms with Crippen LogP contribution in [0.1, 0.15) is 53.4 Å². The Labute approximate surface area is 114 Å². The van der Waals surface area contributed by atoms with Crippen LogP contribution in [0, 0.1) is 5.41 Å². The van der Waals surface area contributed by atoms with Gasteiger partial charge in [0.05, 0.1) is 0 Å². The van der Waals surface area contributed by atoms with E-state index in [1.807, 2.05) is 0 Å². The van der Waals surface area contributed by atoms with Gasteiger partial charge in [0.25, 0.3) is 0 Å². The molecule has 18 heavy (non-hydrogen) atoms. The van der Waals surface area contributed by atoms with Gasteiger partial charge in [0, 0.05) is 26.2 Å². The number of hydrogen-bond acceptors (Lipinski definition) is 3. The lowest BCUT2D eigenvalue weighted by Gasteiger charge is -2.35. The Morgan fingerprint density at radius 2 is 1.89 bits per heavy atom. The second-order valence-electron chi connectivity index (χ2n) is 5.68. The summed E-state index contributed by atoms with van der Waals surface area (Å²) in [5.74, 6) is 0. The summed E-state index contributed by atoms with van der Waals surface area (Å²) in [6, 6.07) is 0. The summed E-state index contributed by atoms with van der Waals surface area (Å²) in [4.78, 5) is 2.47. The lowest BCUT2D eigenvalue weighted by atomic mass is 9.84. The van der Waals surface area contributed by atoms with E-state index in [1.54, 1.807) is 0 Å². The molecule has 0 aromatic heterocycles. The average Bonchev–Trinajstić information content (AvgIpc) is 2.35. The fourth-order valence-electron chi connectivity index (χ4n) is 2.58. The van der Waals surface area contributed by atoms with Gasteiger partial charge in [0.15, 0.2) is 0 Å². The van der Waals surface area contributed by atoms with E-state index >= 15 is 0 Å². The first-order valence-corrected chi connectivity index (χ1v) is 7.65. The highest BCUT2D eigenvalue weighted by atomic mass is 16.3. The summed E-state index contributed by atoms with van der Waals surface area (Å²) >= 11 is 0. The fourth-order valence-corrected chi connectivity index (χ4v) is 2.58. The number of hydrogen-bond donors (Lipinski definition) is 2. The van der Waals surface area contributed by atoms with E-state index in [2.05, 4.69) is 37.9 Å². The van der Waals surface area contributed by atoms with E-state index in [0.29, 0.717) is 12.0 Å². The third kappa shape index (κ3) is 8.06. The molecule has 0 aromatic carbocycles. The number of rotatable bonds is 12. The molecule has 1 unspecified atom stereocenters. The van der Waals surface area contributed by atoms with Crippen LogP contribution in [0.15, 0.2) is 0 Å². The second-order valence-corrected chi connectivity index (χ2v) is 5.68. The molecule has 0 heterocycles. The van der Waals surface area contributed by atoms with E-state index in [9.17, 15) is 0 Å². The monoisotopic (exact) mass is 258 g/mol. The van der Waals surface area contributed by atoms with Crippen molar-refractivity contribution in [3.63, 3.8) is 0 Å². The molecule has 110 valence electrons. The van der Waals surface area contributed by atoms with Gasteiger partial charge in [-0.15, -0.1) is 0 Å². The third-order valence-corrected chi connectivity index (χ3v) is 3.52. The molecule has 0 radical (unpaired) electrons. The largest absolute Gasteiger partial charge is 0.396 e. The van der Waals surface area contributed by atoms with Crippen molar-refractivity contribution in [2.75, 3.05) is 39.3 Å². The maximum Gasteiger partial charge on any atom is 0.0443 e. The number of nitrogens with zero attached hydrogens (tertiary/aromatic N) is 1. The molecule has 0 saturated heterocycles. The lowest BCUT2D eigenvalue weighted by Crippen LogP contribution is -2.43. The van der Waals surface area contributed by atoms with Crippen LogP contribution in [0.4, 0.5) is 0 Å². The average molecular weight is 258 g/mol. The van der Waals surface area contributed by atoms with Crippen molar-refractivity contribution < 1.29 is 5.11 Å². The first-order valence-electron chi connectivity index (χ1n) is 7.65. The molecular formula is C15H34N2O. The van der Waals surface area contributed by atoms with Crippen molar-refractivity contribution in [2.45, 2.75) is 53.4 Å². The van der Waals surface area contributed by atoms with Crippen LogP contribution < -0.4 is 5.32 Å². The summed E-state index contributed by atoms with van der Waals surface area (Å²) in [5.41, 5.74) is 0.357. The molecule has 2 N–H and O–H groups in total. The molecule has 3 heteroatoms. The van der Waals surface area contributed by atoms with Crippen molar-refractivity contribution in [2.24, 2.45) is 5.41 Å². The van der Waals surface area contributed by atoms with Crippen LogP contribution in [0.2, 0.25) is 0 Å². The van der Waals surface area contributed by atoms with Crippen LogP contribution in [0.3, 0.4) is 0 Å². The van der Waals surface area contributed by atoms with Crippen molar-refractivity contribution in [3.05, 3.63) is 0 Å². The predicted molar refractivity (Wildman–Crippen MR) is 80.0 cm³/mol. The van der Waals surface area contributed by atoms with Crippen molar-refractivity contribution in [1.82, 2.24) is 10.2 Å². The molecule has 0 aromatic rings. The Morgan fingerprint density at radius 1 is 1.17 bits per heavy atom. The molecule has 0 spiro atoms. The summed E-state index contributed by atoms with van der Waals surface area (Å²) in [5, 5.41) is 12.5. The topological polar surface area (TPSA) is 35.5 Å². The minimum Gasteiger partial charge on any atom is -0.396 e. The molecule has 0 rings (SSSR count). The van der Waals surface area contributed by atoms with E-state index in [1.165, 1.54) is 19.3 Å². The number of aliphatic hydroxyl groups is 1. The van der Waals surface area contributed by atoms with Gasteiger partial charge in [-0.2, -0.15) is 0 Å². The number of nitrogens with one attached hydrogen (secondary N) is 1. The second kappa shape index (κ2) is 10.8. The molecule has 0 fully saturated rings. The van der Waals surface area contributed by atoms with Gasteiger partial charge in [-0.3, -0.25) is 0 Å². The third-order valence-electron chi connectivity index (χ3n) is 3.52. The minimum absolute atomic E-state index is 0.301. The van der Waals surface area contributed by atoms with E-state index < -0.39 is 0 Å². The summed E-state index contributed by atoms with van der Waals surface area (Å²) in [6.45, 7) is 14.8. The molecule has 0 aliphatic carbocycles. The molecule has 0 aliphatic heterocycles. The highest BCUT2D eigenvalue weighted by Crippen LogP contribution is 2.24. The zero-order valence-electron chi connectivity index (χ0n) is 13.0. The van der Waals surface area contributed by atoms with Gasteiger partial charge in [0.1, 0.15) is 0 Å². The predicted octanol–water partition coefficient (Wildman–Crippen LogP) is 2.50. The maximum atomic E-state index is 8.95. The van der Waals surface area contributed by atoms with Gasteiger partial charge in [-0.1, -0.05) is 34.1 Å². The molecule has 0 bridgehead atoms. The van der Waals surface area contributed by atoms with Crippen LogP contribution in [-0.2, 0) is 0 Å². The Bertz CT molecular complexity index is 187. The quantitative estimate of drug-likeness (QED) is 0.528.